The molecule has 1 amide bonds. The van der Waals surface area contributed by atoms with Gasteiger partial charge in [-0.25, -0.2) is 12.8 Å². The van der Waals surface area contributed by atoms with E-state index in [4.69, 9.17) is 10.00 Å². The highest BCUT2D eigenvalue weighted by molar-refractivity contribution is 7.89. The maximum atomic E-state index is 14.2. The lowest BCUT2D eigenvalue weighted by Gasteiger charge is -2.26. The first-order valence-electron chi connectivity index (χ1n) is 8.56. The Hall–Kier alpha value is -2.80. The van der Waals surface area contributed by atoms with Crippen LogP contribution in [0.15, 0.2) is 47.4 Å². The van der Waals surface area contributed by atoms with E-state index in [2.05, 4.69) is 5.32 Å². The zero-order valence-corrected chi connectivity index (χ0v) is 15.7. The Labute approximate surface area is 162 Å². The second-order valence-electron chi connectivity index (χ2n) is 6.14. The van der Waals surface area contributed by atoms with Gasteiger partial charge in [0.05, 0.1) is 36.2 Å². The number of nitrogens with one attached hydrogen (secondary N) is 1. The number of carbonyl (C=O) groups excluding carboxylic acids is 1. The van der Waals surface area contributed by atoms with Gasteiger partial charge in [0.25, 0.3) is 5.91 Å². The standard InChI is InChI=1S/C19H18FN3O4S/c20-18-6-5-16(28(25,26)23-9-11-27-12-10-23)13-17(18)19(24)22-15-3-1-14(2-4-15)7-8-21/h1-6,13H,7,9-12H2,(H,22,24). The molecule has 7 nitrogen and oxygen atoms in total. The minimum atomic E-state index is -3.84. The van der Waals surface area contributed by atoms with E-state index >= 15 is 0 Å². The molecule has 146 valence electrons. The number of ether oxygens (including phenoxy) is 1. The second kappa shape index (κ2) is 8.48. The molecule has 2 aromatic rings. The topological polar surface area (TPSA) is 99.5 Å². The van der Waals surface area contributed by atoms with Crippen LogP contribution in [0.5, 0.6) is 0 Å². The molecule has 0 aromatic heterocycles. The summed E-state index contributed by atoms with van der Waals surface area (Å²) in [6.45, 7) is 0.984. The maximum Gasteiger partial charge on any atom is 0.258 e. The average molecular weight is 403 g/mol. The van der Waals surface area contributed by atoms with Crippen LogP contribution in [0.1, 0.15) is 15.9 Å². The Balaban J connectivity index is 1.82. The van der Waals surface area contributed by atoms with E-state index < -0.39 is 21.7 Å². The lowest BCUT2D eigenvalue weighted by Crippen LogP contribution is -2.40. The monoisotopic (exact) mass is 403 g/mol. The normalized spacial score (nSPS) is 15.0. The lowest BCUT2D eigenvalue weighted by molar-refractivity contribution is 0.0730. The molecule has 1 heterocycles. The fraction of sp³-hybridized carbons (Fsp3) is 0.263. The van der Waals surface area contributed by atoms with Gasteiger partial charge >= 0.3 is 0 Å². The highest BCUT2D eigenvalue weighted by Gasteiger charge is 2.27. The number of halogens is 1. The summed E-state index contributed by atoms with van der Waals surface area (Å²) in [6, 6.07) is 11.7. The van der Waals surface area contributed by atoms with Gasteiger partial charge in [0.2, 0.25) is 10.0 Å². The smallest absolute Gasteiger partial charge is 0.258 e. The molecule has 1 fully saturated rings. The van der Waals surface area contributed by atoms with Gasteiger partial charge in [0, 0.05) is 18.8 Å². The summed E-state index contributed by atoms with van der Waals surface area (Å²) in [4.78, 5) is 12.3. The van der Waals surface area contributed by atoms with Crippen LogP contribution < -0.4 is 5.32 Å². The third-order valence-corrected chi connectivity index (χ3v) is 6.18. The fourth-order valence-corrected chi connectivity index (χ4v) is 4.21. The minimum Gasteiger partial charge on any atom is -0.379 e. The van der Waals surface area contributed by atoms with Gasteiger partial charge in [-0.1, -0.05) is 12.1 Å². The van der Waals surface area contributed by atoms with Crippen LogP contribution in [-0.4, -0.2) is 44.9 Å². The Morgan fingerprint density at radius 2 is 1.86 bits per heavy atom. The molecule has 1 N–H and O–H groups in total. The molecule has 2 aromatic carbocycles. The van der Waals surface area contributed by atoms with E-state index in [0.29, 0.717) is 5.69 Å². The van der Waals surface area contributed by atoms with Gasteiger partial charge in [-0.2, -0.15) is 9.57 Å². The summed E-state index contributed by atoms with van der Waals surface area (Å²) in [5.41, 5.74) is 0.827. The summed E-state index contributed by atoms with van der Waals surface area (Å²) in [5, 5.41) is 11.2. The van der Waals surface area contributed by atoms with Gasteiger partial charge in [-0.3, -0.25) is 4.79 Å². The van der Waals surface area contributed by atoms with Crippen molar-refractivity contribution < 1.29 is 22.3 Å². The molecule has 28 heavy (non-hydrogen) atoms. The molecule has 0 unspecified atom stereocenters. The summed E-state index contributed by atoms with van der Waals surface area (Å²) in [5.74, 6) is -1.58. The number of anilines is 1. The number of rotatable bonds is 5. The summed E-state index contributed by atoms with van der Waals surface area (Å²) >= 11 is 0. The molecule has 1 aliphatic heterocycles. The molecular formula is C19H18FN3O4S. The third-order valence-electron chi connectivity index (χ3n) is 4.29. The van der Waals surface area contributed by atoms with Crippen LogP contribution in [-0.2, 0) is 21.2 Å². The van der Waals surface area contributed by atoms with Crippen LogP contribution in [0, 0.1) is 17.1 Å². The number of hydrogen-bond donors (Lipinski definition) is 1. The van der Waals surface area contributed by atoms with Crippen molar-refractivity contribution in [1.29, 1.82) is 5.26 Å². The highest BCUT2D eigenvalue weighted by atomic mass is 32.2. The van der Waals surface area contributed by atoms with Crippen molar-refractivity contribution in [3.8, 4) is 6.07 Å². The Bertz CT molecular complexity index is 1010. The molecule has 0 bridgehead atoms. The average Bonchev–Trinajstić information content (AvgIpc) is 2.70. The number of hydrogen-bond acceptors (Lipinski definition) is 5. The molecule has 0 radical (unpaired) electrons. The SMILES string of the molecule is N#CCc1ccc(NC(=O)c2cc(S(=O)(=O)N3CCOCC3)ccc2F)cc1. The molecule has 0 saturated carbocycles. The zero-order chi connectivity index (χ0) is 20.1. The first-order chi connectivity index (χ1) is 13.4. The van der Waals surface area contributed by atoms with Crippen LogP contribution in [0.25, 0.3) is 0 Å². The highest BCUT2D eigenvalue weighted by Crippen LogP contribution is 2.21. The van der Waals surface area contributed by atoms with Crippen molar-refractivity contribution >= 4 is 21.6 Å². The number of morpholine rings is 1. The lowest BCUT2D eigenvalue weighted by atomic mass is 10.1. The quantitative estimate of drug-likeness (QED) is 0.825. The Morgan fingerprint density at radius 3 is 2.50 bits per heavy atom. The van der Waals surface area contributed by atoms with Crippen LogP contribution in [0.3, 0.4) is 0 Å². The van der Waals surface area contributed by atoms with Crippen molar-refractivity contribution in [1.82, 2.24) is 4.31 Å². The number of carbonyl (C=O) groups is 1. The number of sulfonamides is 1. The van der Waals surface area contributed by atoms with E-state index in [1.807, 2.05) is 6.07 Å². The van der Waals surface area contributed by atoms with E-state index in [-0.39, 0.29) is 43.2 Å². The van der Waals surface area contributed by atoms with Gasteiger partial charge in [0.1, 0.15) is 5.82 Å². The summed E-state index contributed by atoms with van der Waals surface area (Å²) < 4.78 is 46.0. The molecule has 9 heteroatoms. The van der Waals surface area contributed by atoms with Gasteiger partial charge < -0.3 is 10.1 Å². The van der Waals surface area contributed by atoms with Crippen LogP contribution >= 0.6 is 0 Å². The van der Waals surface area contributed by atoms with Crippen molar-refractivity contribution in [3.63, 3.8) is 0 Å². The molecule has 0 spiro atoms. The van der Waals surface area contributed by atoms with Gasteiger partial charge in [0.15, 0.2) is 0 Å². The largest absolute Gasteiger partial charge is 0.379 e. The predicted molar refractivity (Wildman–Crippen MR) is 99.7 cm³/mol. The second-order valence-corrected chi connectivity index (χ2v) is 8.08. The van der Waals surface area contributed by atoms with E-state index in [1.54, 1.807) is 24.3 Å². The number of nitriles is 1. The van der Waals surface area contributed by atoms with Crippen LogP contribution in [0.2, 0.25) is 0 Å². The van der Waals surface area contributed by atoms with E-state index in [0.717, 1.165) is 23.8 Å². The Morgan fingerprint density at radius 1 is 1.18 bits per heavy atom. The first-order valence-corrected chi connectivity index (χ1v) is 10.0. The number of nitrogens with zero attached hydrogens (tertiary/aromatic N) is 2. The molecule has 0 atom stereocenters. The third kappa shape index (κ3) is 4.36. The minimum absolute atomic E-state index is 0.148. The van der Waals surface area contributed by atoms with Gasteiger partial charge in [-0.05, 0) is 35.9 Å². The Kier molecular flexibility index (Phi) is 6.04. The molecule has 0 aliphatic carbocycles. The summed E-state index contributed by atoms with van der Waals surface area (Å²) in [7, 11) is -3.84. The predicted octanol–water partition coefficient (Wildman–Crippen LogP) is 2.16. The molecule has 1 saturated heterocycles. The fourth-order valence-electron chi connectivity index (χ4n) is 2.77. The van der Waals surface area contributed by atoms with E-state index in [9.17, 15) is 17.6 Å². The summed E-state index contributed by atoms with van der Waals surface area (Å²) in [6.07, 6.45) is 0.240. The van der Waals surface area contributed by atoms with Gasteiger partial charge in [-0.15, -0.1) is 0 Å². The molecular weight excluding hydrogens is 385 g/mol. The molecule has 1 aliphatic rings. The van der Waals surface area contributed by atoms with Crippen molar-refractivity contribution in [3.05, 3.63) is 59.4 Å². The van der Waals surface area contributed by atoms with Crippen molar-refractivity contribution in [2.45, 2.75) is 11.3 Å². The first kappa shape index (κ1) is 19.9. The van der Waals surface area contributed by atoms with Crippen molar-refractivity contribution in [2.75, 3.05) is 31.6 Å². The molecule has 3 rings (SSSR count). The maximum absolute atomic E-state index is 14.2. The van der Waals surface area contributed by atoms with E-state index in [1.165, 1.54) is 4.31 Å². The number of benzene rings is 2. The van der Waals surface area contributed by atoms with Crippen molar-refractivity contribution in [2.24, 2.45) is 0 Å². The zero-order valence-electron chi connectivity index (χ0n) is 14.9. The number of amides is 1. The van der Waals surface area contributed by atoms with Crippen LogP contribution in [0.4, 0.5) is 10.1 Å².